The van der Waals surface area contributed by atoms with Crippen LogP contribution in [-0.4, -0.2) is 9.55 Å². The number of nitrogens with zero attached hydrogens (tertiary/aromatic N) is 3. The van der Waals surface area contributed by atoms with Crippen LogP contribution in [0.5, 0.6) is 0 Å². The van der Waals surface area contributed by atoms with E-state index < -0.39 is 0 Å². The lowest BCUT2D eigenvalue weighted by Gasteiger charge is -2.06. The van der Waals surface area contributed by atoms with Gasteiger partial charge in [-0.3, -0.25) is 0 Å². The summed E-state index contributed by atoms with van der Waals surface area (Å²) >= 11 is 0. The van der Waals surface area contributed by atoms with Gasteiger partial charge in [0, 0.05) is 0 Å². The summed E-state index contributed by atoms with van der Waals surface area (Å²) in [6.07, 6.45) is 0. The van der Waals surface area contributed by atoms with Crippen LogP contribution in [0, 0.1) is 31.0 Å². The number of fused-ring (bicyclic) bond motifs is 1. The molecule has 0 atom stereocenters. The molecule has 0 unspecified atom stereocenters. The molecule has 0 spiro atoms. The van der Waals surface area contributed by atoms with Crippen LogP contribution in [0.15, 0.2) is 36.4 Å². The number of nitriles is 1. The van der Waals surface area contributed by atoms with Crippen molar-refractivity contribution in [1.82, 2.24) is 9.55 Å². The fourth-order valence-corrected chi connectivity index (χ4v) is 2.46. The zero-order valence-corrected chi connectivity index (χ0v) is 11.9. The van der Waals surface area contributed by atoms with Crippen molar-refractivity contribution >= 4 is 11.0 Å². The minimum atomic E-state index is -0.333. The highest BCUT2D eigenvalue weighted by Gasteiger charge is 2.16. The van der Waals surface area contributed by atoms with Gasteiger partial charge in [0.1, 0.15) is 18.2 Å². The van der Waals surface area contributed by atoms with Crippen LogP contribution < -0.4 is 0 Å². The van der Waals surface area contributed by atoms with Gasteiger partial charge in [0.2, 0.25) is 0 Å². The van der Waals surface area contributed by atoms with Gasteiger partial charge in [0.25, 0.3) is 0 Å². The second-order valence-electron chi connectivity index (χ2n) is 5.08. The average molecular weight is 279 g/mol. The van der Waals surface area contributed by atoms with E-state index in [2.05, 4.69) is 11.1 Å². The lowest BCUT2D eigenvalue weighted by Crippen LogP contribution is -2.00. The van der Waals surface area contributed by atoms with Gasteiger partial charge in [-0.2, -0.15) is 5.26 Å². The zero-order chi connectivity index (χ0) is 15.0. The number of aromatic nitrogens is 2. The molecule has 1 aromatic heterocycles. The molecule has 4 heteroatoms. The molecule has 0 aliphatic carbocycles. The molecular formula is C17H14FN3. The minimum Gasteiger partial charge on any atom is -0.310 e. The largest absolute Gasteiger partial charge is 0.310 e. The molecule has 3 aromatic rings. The Morgan fingerprint density at radius 1 is 1.19 bits per heavy atom. The Morgan fingerprint density at radius 2 is 1.90 bits per heavy atom. The van der Waals surface area contributed by atoms with E-state index in [-0.39, 0.29) is 12.4 Å². The number of aryl methyl sites for hydroxylation is 2. The summed E-state index contributed by atoms with van der Waals surface area (Å²) in [6.45, 7) is 4.17. The number of hydrogen-bond acceptors (Lipinski definition) is 2. The number of rotatable bonds is 2. The fraction of sp³-hybridized carbons (Fsp3) is 0.176. The van der Waals surface area contributed by atoms with Crippen LogP contribution in [0.3, 0.4) is 0 Å². The zero-order valence-electron chi connectivity index (χ0n) is 11.9. The van der Waals surface area contributed by atoms with Gasteiger partial charge in [-0.1, -0.05) is 12.1 Å². The fourth-order valence-electron chi connectivity index (χ4n) is 2.46. The minimum absolute atomic E-state index is 0.142. The van der Waals surface area contributed by atoms with Crippen molar-refractivity contribution in [3.05, 3.63) is 53.3 Å². The van der Waals surface area contributed by atoms with Crippen LogP contribution in [0.1, 0.15) is 11.1 Å². The maximum atomic E-state index is 14.0. The molecular weight excluding hydrogens is 265 g/mol. The van der Waals surface area contributed by atoms with E-state index >= 15 is 0 Å². The predicted octanol–water partition coefficient (Wildman–Crippen LogP) is 3.98. The highest BCUT2D eigenvalue weighted by molar-refractivity contribution is 5.82. The van der Waals surface area contributed by atoms with Crippen molar-refractivity contribution < 1.29 is 4.39 Å². The van der Waals surface area contributed by atoms with Crippen LogP contribution in [0.2, 0.25) is 0 Å². The summed E-state index contributed by atoms with van der Waals surface area (Å²) in [5.41, 5.74) is 4.31. The molecule has 2 aromatic carbocycles. The quantitative estimate of drug-likeness (QED) is 0.712. The first-order valence-corrected chi connectivity index (χ1v) is 6.71. The maximum Gasteiger partial charge on any atom is 0.145 e. The van der Waals surface area contributed by atoms with E-state index in [0.29, 0.717) is 11.4 Å². The summed E-state index contributed by atoms with van der Waals surface area (Å²) in [6, 6.07) is 12.6. The van der Waals surface area contributed by atoms with E-state index in [1.807, 2.05) is 26.0 Å². The molecule has 0 amide bonds. The second kappa shape index (κ2) is 5.02. The number of imidazole rings is 1. The van der Waals surface area contributed by atoms with Gasteiger partial charge in [-0.25, -0.2) is 9.37 Å². The SMILES string of the molecule is Cc1cc2nc(-c3ccccc3F)n(CC#N)c2cc1C. The van der Waals surface area contributed by atoms with E-state index in [9.17, 15) is 4.39 Å². The van der Waals surface area contributed by atoms with Crippen LogP contribution in [0.4, 0.5) is 4.39 Å². The molecule has 0 aliphatic rings. The van der Waals surface area contributed by atoms with E-state index in [1.165, 1.54) is 6.07 Å². The molecule has 0 bridgehead atoms. The van der Waals surface area contributed by atoms with Crippen LogP contribution in [0.25, 0.3) is 22.4 Å². The van der Waals surface area contributed by atoms with Crippen LogP contribution >= 0.6 is 0 Å². The maximum absolute atomic E-state index is 14.0. The highest BCUT2D eigenvalue weighted by atomic mass is 19.1. The Labute approximate surface area is 122 Å². The number of hydrogen-bond donors (Lipinski definition) is 0. The van der Waals surface area contributed by atoms with Crippen LogP contribution in [-0.2, 0) is 6.54 Å². The summed E-state index contributed by atoms with van der Waals surface area (Å²) in [7, 11) is 0. The monoisotopic (exact) mass is 279 g/mol. The molecule has 21 heavy (non-hydrogen) atoms. The molecule has 1 heterocycles. The summed E-state index contributed by atoms with van der Waals surface area (Å²) in [5.74, 6) is 0.162. The molecule has 3 nitrogen and oxygen atoms in total. The van der Waals surface area contributed by atoms with E-state index in [4.69, 9.17) is 5.26 Å². The topological polar surface area (TPSA) is 41.6 Å². The van der Waals surface area contributed by atoms with E-state index in [0.717, 1.165) is 22.2 Å². The van der Waals surface area contributed by atoms with Crippen molar-refractivity contribution in [2.24, 2.45) is 0 Å². The average Bonchev–Trinajstić information content (AvgIpc) is 2.79. The Morgan fingerprint density at radius 3 is 2.62 bits per heavy atom. The molecule has 0 saturated carbocycles. The van der Waals surface area contributed by atoms with Crippen molar-refractivity contribution in [2.45, 2.75) is 20.4 Å². The summed E-state index contributed by atoms with van der Waals surface area (Å²) < 4.78 is 15.8. The van der Waals surface area contributed by atoms with Gasteiger partial charge in [0.05, 0.1) is 22.7 Å². The molecule has 104 valence electrons. The molecule has 0 N–H and O–H groups in total. The van der Waals surface area contributed by atoms with Crippen molar-refractivity contribution in [1.29, 1.82) is 5.26 Å². The van der Waals surface area contributed by atoms with Gasteiger partial charge in [-0.15, -0.1) is 0 Å². The Kier molecular flexibility index (Phi) is 3.19. The smallest absolute Gasteiger partial charge is 0.145 e. The summed E-state index contributed by atoms with van der Waals surface area (Å²) in [5, 5.41) is 9.07. The lowest BCUT2D eigenvalue weighted by molar-refractivity contribution is 0.628. The number of halogens is 1. The van der Waals surface area contributed by atoms with Gasteiger partial charge in [0.15, 0.2) is 0 Å². The van der Waals surface area contributed by atoms with Gasteiger partial charge < -0.3 is 4.57 Å². The van der Waals surface area contributed by atoms with Crippen molar-refractivity contribution in [3.63, 3.8) is 0 Å². The third-order valence-corrected chi connectivity index (χ3v) is 3.71. The molecule has 0 saturated heterocycles. The lowest BCUT2D eigenvalue weighted by atomic mass is 10.1. The first kappa shape index (κ1) is 13.3. The van der Waals surface area contributed by atoms with Crippen molar-refractivity contribution in [3.8, 4) is 17.5 Å². The Balaban J connectivity index is 2.35. The summed E-state index contributed by atoms with van der Waals surface area (Å²) in [4.78, 5) is 4.54. The molecule has 0 radical (unpaired) electrons. The molecule has 0 aliphatic heterocycles. The standard InChI is InChI=1S/C17H14FN3/c1-11-9-15-16(10-12(11)2)21(8-7-19)17(20-15)13-5-3-4-6-14(13)18/h3-6,9-10H,8H2,1-2H3. The highest BCUT2D eigenvalue weighted by Crippen LogP contribution is 2.28. The third-order valence-electron chi connectivity index (χ3n) is 3.71. The third kappa shape index (κ3) is 2.17. The first-order valence-electron chi connectivity index (χ1n) is 6.71. The predicted molar refractivity (Wildman–Crippen MR) is 80.2 cm³/mol. The Bertz CT molecular complexity index is 872. The van der Waals surface area contributed by atoms with Crippen molar-refractivity contribution in [2.75, 3.05) is 0 Å². The second-order valence-corrected chi connectivity index (χ2v) is 5.08. The molecule has 0 fully saturated rings. The Hall–Kier alpha value is -2.67. The van der Waals surface area contributed by atoms with Gasteiger partial charge >= 0.3 is 0 Å². The molecule has 3 rings (SSSR count). The first-order chi connectivity index (χ1) is 10.1. The van der Waals surface area contributed by atoms with E-state index in [1.54, 1.807) is 22.8 Å². The van der Waals surface area contributed by atoms with Gasteiger partial charge in [-0.05, 0) is 49.2 Å². The normalized spacial score (nSPS) is 10.8. The number of benzene rings is 2.